The number of aromatic nitrogens is 2. The molecule has 2 aromatic heterocycles. The Labute approximate surface area is 577 Å². The van der Waals surface area contributed by atoms with Crippen molar-refractivity contribution in [2.45, 2.75) is 163 Å². The summed E-state index contributed by atoms with van der Waals surface area (Å²) in [5.74, 6) is -8.84. The molecular weight excluding hydrogens is 1320 g/mol. The number of fused-ring (bicyclic) bond motifs is 6. The quantitative estimate of drug-likeness (QED) is 0.0784. The Kier molecular flexibility index (Phi) is 25.2. The number of carbonyl (C=O) groups excluding carboxylic acids is 10. The van der Waals surface area contributed by atoms with Crippen LogP contribution >= 0.6 is 23.5 Å². The SMILES string of the molecule is C[C@H]1NC(=O)[C@H](CCCCN)NC(=O)CCSCc2cccc(c2)CSC[C@@H](C(N)=O)NC(=O)[C@]2(C)CCCN2C(=O)[C@H](Cc2ccc(O)cc2)NC(=O)[C@H]([C@@H](C)O)NC(=O)[C@@H]2C[C@H](F)CN2C(=O)[C@H](Cc2c[nH]c3ccc(F)cc23)NC(=O)[C@H](Cc2c[nH]c3ccc(F)cc23)NC1=O. The molecule has 15 N–H and O–H groups in total. The van der Waals surface area contributed by atoms with E-state index in [2.05, 4.69) is 47.2 Å². The van der Waals surface area contributed by atoms with Crippen LogP contribution in [0, 0.1) is 11.6 Å². The van der Waals surface area contributed by atoms with Gasteiger partial charge >= 0.3 is 0 Å². The van der Waals surface area contributed by atoms with Gasteiger partial charge in [0.05, 0.1) is 12.6 Å². The van der Waals surface area contributed by atoms with Crippen LogP contribution in [-0.2, 0) is 78.7 Å². The highest BCUT2D eigenvalue weighted by atomic mass is 32.2. The molecule has 0 radical (unpaired) electrons. The third-order valence-electron chi connectivity index (χ3n) is 18.1. The molecule has 99 heavy (non-hydrogen) atoms. The first-order chi connectivity index (χ1) is 47.3. The minimum Gasteiger partial charge on any atom is -0.508 e. The Morgan fingerprint density at radius 3 is 1.94 bits per heavy atom. The van der Waals surface area contributed by atoms with E-state index in [9.17, 15) is 52.6 Å². The van der Waals surface area contributed by atoms with Crippen molar-refractivity contribution < 1.29 is 71.3 Å². The van der Waals surface area contributed by atoms with Gasteiger partial charge in [-0.25, -0.2) is 13.2 Å². The number of rotatable bonds is 12. The number of phenols is 1. The van der Waals surface area contributed by atoms with Crippen LogP contribution in [-0.4, -0.2) is 186 Å². The van der Waals surface area contributed by atoms with E-state index in [1.54, 1.807) is 0 Å². The lowest BCUT2D eigenvalue weighted by molar-refractivity contribution is -0.147. The number of carbonyl (C=O) groups is 10. The van der Waals surface area contributed by atoms with Crippen molar-refractivity contribution in [2.75, 3.05) is 31.1 Å². The summed E-state index contributed by atoms with van der Waals surface area (Å²) in [7, 11) is 0. The normalized spacial score (nSPS) is 25.5. The summed E-state index contributed by atoms with van der Waals surface area (Å²) < 4.78 is 46.0. The maximum Gasteiger partial charge on any atom is 0.246 e. The predicted octanol–water partition coefficient (Wildman–Crippen LogP) is 2.96. The van der Waals surface area contributed by atoms with Crippen LogP contribution in [0.4, 0.5) is 13.2 Å². The number of H-pyrrole nitrogens is 2. The third kappa shape index (κ3) is 19.0. The zero-order valence-electron chi connectivity index (χ0n) is 55.0. The van der Waals surface area contributed by atoms with E-state index in [-0.39, 0.29) is 61.1 Å². The topological polar surface area (TPSA) is 385 Å². The van der Waals surface area contributed by atoms with Gasteiger partial charge in [-0.05, 0) is 136 Å². The molecule has 9 rings (SSSR count). The number of phenolic OH excluding ortho intramolecular Hbond substituents is 1. The van der Waals surface area contributed by atoms with Crippen LogP contribution < -0.4 is 48.7 Å². The van der Waals surface area contributed by atoms with Crippen LogP contribution in [0.15, 0.2) is 97.3 Å². The number of amides is 10. The zero-order valence-corrected chi connectivity index (χ0v) is 56.6. The fourth-order valence-corrected chi connectivity index (χ4v) is 14.5. The summed E-state index contributed by atoms with van der Waals surface area (Å²) in [5.41, 5.74) is 13.8. The lowest BCUT2D eigenvalue weighted by Crippen LogP contribution is -2.64. The van der Waals surface area contributed by atoms with Gasteiger partial charge in [-0.2, -0.15) is 23.5 Å². The second-order valence-electron chi connectivity index (χ2n) is 25.6. The lowest BCUT2D eigenvalue weighted by Gasteiger charge is -2.37. The molecule has 2 saturated heterocycles. The third-order valence-corrected chi connectivity index (χ3v) is 20.3. The van der Waals surface area contributed by atoms with Crippen molar-refractivity contribution in [2.24, 2.45) is 11.5 Å². The van der Waals surface area contributed by atoms with Crippen molar-refractivity contribution in [3.8, 4) is 5.75 Å². The molecule has 0 saturated carbocycles. The summed E-state index contributed by atoms with van der Waals surface area (Å²) in [4.78, 5) is 153. The number of halogens is 3. The van der Waals surface area contributed by atoms with Gasteiger partial charge in [-0.3, -0.25) is 47.9 Å². The predicted molar refractivity (Wildman–Crippen MR) is 366 cm³/mol. The standard InChI is InChI=1S/C69H84F3N13O12S2/c1-37-61(90)79-53(26-42-31-75-50-17-13-44(70)28-48(42)50)63(92)80-55(27-43-32-76-51-18-14-45(71)29-49(43)51)66(95)84-33-46(72)30-57(84)64(93)83-59(38(2)86)65(94)81-54(25-39-11-15-47(87)16-12-39)67(96)85-22-7-20-69(85,3)68(97)82-56(60(74)89)36-99-35-41-9-6-8-40(24-41)34-98-23-19-58(88)78-52(62(91)77-37)10-4-5-21-73/h6,8-9,11-18,24,28-29,31-32,37-38,46,52-57,59,75-76,86-87H,4-5,7,10,19-23,25-27,30,33-36,73H2,1-3H3,(H2,74,89)(H,77,91)(H,78,88)(H,79,90)(H,80,92)(H,81,94)(H,82,97)(H,83,93)/t37-,38-,46+,52+,53+,54+,55+,56+,57+,59+,69+/m1/s1. The molecule has 0 spiro atoms. The number of alkyl halides is 1. The second-order valence-corrected chi connectivity index (χ2v) is 27.7. The lowest BCUT2D eigenvalue weighted by atomic mass is 9.95. The number of hydrogen-bond acceptors (Lipinski definition) is 15. The average molecular weight is 1410 g/mol. The molecule has 2 fully saturated rings. The number of aromatic hydroxyl groups is 1. The van der Waals surface area contributed by atoms with Crippen LogP contribution in [0.3, 0.4) is 0 Å². The second kappa shape index (κ2) is 33.6. The maximum atomic E-state index is 16.1. The van der Waals surface area contributed by atoms with Crippen molar-refractivity contribution >= 4 is 104 Å². The zero-order chi connectivity index (χ0) is 71.2. The van der Waals surface area contributed by atoms with Crippen LogP contribution in [0.2, 0.25) is 0 Å². The van der Waals surface area contributed by atoms with E-state index in [0.717, 1.165) is 23.0 Å². The first-order valence-electron chi connectivity index (χ1n) is 32.9. The van der Waals surface area contributed by atoms with E-state index >= 15 is 18.8 Å². The van der Waals surface area contributed by atoms with Crippen LogP contribution in [0.25, 0.3) is 21.8 Å². The molecule has 530 valence electrons. The highest BCUT2D eigenvalue weighted by Gasteiger charge is 2.49. The number of nitrogens with one attached hydrogen (secondary N) is 9. The smallest absolute Gasteiger partial charge is 0.246 e. The van der Waals surface area contributed by atoms with Gasteiger partial charge in [0.15, 0.2) is 0 Å². The molecule has 5 heterocycles. The van der Waals surface area contributed by atoms with Gasteiger partial charge in [0.2, 0.25) is 59.1 Å². The molecule has 3 aliphatic rings. The van der Waals surface area contributed by atoms with Gasteiger partial charge in [0.1, 0.15) is 77.4 Å². The van der Waals surface area contributed by atoms with Crippen molar-refractivity contribution in [1.82, 2.24) is 57.0 Å². The summed E-state index contributed by atoms with van der Waals surface area (Å²) in [6, 6.07) is 8.79. The average Bonchev–Trinajstić information content (AvgIpc) is 1.70. The molecule has 11 atom stereocenters. The number of nitrogens with zero attached hydrogens (tertiary/aromatic N) is 2. The van der Waals surface area contributed by atoms with E-state index in [4.69, 9.17) is 11.5 Å². The molecule has 6 aromatic rings. The molecule has 2 bridgehead atoms. The number of benzene rings is 4. The Morgan fingerprint density at radius 1 is 0.697 bits per heavy atom. The largest absolute Gasteiger partial charge is 0.508 e. The van der Waals surface area contributed by atoms with E-state index < -0.39 is 156 Å². The van der Waals surface area contributed by atoms with Crippen LogP contribution in [0.5, 0.6) is 5.75 Å². The molecular formula is C69H84F3N13O12S2. The number of aliphatic hydroxyl groups excluding tert-OH is 1. The van der Waals surface area contributed by atoms with E-state index in [1.165, 1.54) is 115 Å². The van der Waals surface area contributed by atoms with E-state index in [0.29, 0.717) is 70.6 Å². The first-order valence-corrected chi connectivity index (χ1v) is 35.2. The molecule has 3 aliphatic heterocycles. The van der Waals surface area contributed by atoms with Gasteiger partial charge in [-0.15, -0.1) is 0 Å². The van der Waals surface area contributed by atoms with E-state index in [1.807, 2.05) is 24.3 Å². The fraction of sp³-hybridized carbons (Fsp3) is 0.449. The number of unbranched alkanes of at least 4 members (excludes halogenated alkanes) is 1. The summed E-state index contributed by atoms with van der Waals surface area (Å²) in [5, 5.41) is 40.7. The van der Waals surface area contributed by atoms with Gasteiger partial charge in [0, 0.05) is 95.9 Å². The van der Waals surface area contributed by atoms with Gasteiger partial charge in [0.25, 0.3) is 0 Å². The Balaban J connectivity index is 1.05. The van der Waals surface area contributed by atoms with Crippen molar-refractivity contribution in [3.63, 3.8) is 0 Å². The number of nitrogens with two attached hydrogens (primary N) is 2. The molecule has 25 nitrogen and oxygen atoms in total. The first kappa shape index (κ1) is 74.1. The van der Waals surface area contributed by atoms with Gasteiger partial charge in [-0.1, -0.05) is 36.4 Å². The number of thioether (sulfide) groups is 2. The number of hydrogen-bond donors (Lipinski definition) is 13. The Bertz CT molecular complexity index is 3950. The summed E-state index contributed by atoms with van der Waals surface area (Å²) in [6.45, 7) is 3.60. The molecule has 0 aliphatic carbocycles. The molecule has 10 amide bonds. The van der Waals surface area contributed by atoms with Crippen molar-refractivity contribution in [3.05, 3.63) is 137 Å². The number of primary amides is 1. The highest BCUT2D eigenvalue weighted by Crippen LogP contribution is 2.32. The molecule has 0 unspecified atom stereocenters. The fourth-order valence-electron chi connectivity index (χ4n) is 12.6. The highest BCUT2D eigenvalue weighted by molar-refractivity contribution is 7.98. The summed E-state index contributed by atoms with van der Waals surface area (Å²) >= 11 is 2.79. The van der Waals surface area contributed by atoms with Crippen LogP contribution in [0.1, 0.15) is 93.5 Å². The minimum atomic E-state index is -1.90. The number of aliphatic hydroxyl groups is 1. The molecule has 4 aromatic carbocycles. The Morgan fingerprint density at radius 2 is 1.30 bits per heavy atom. The van der Waals surface area contributed by atoms with Crippen molar-refractivity contribution in [1.29, 1.82) is 0 Å². The monoisotopic (exact) mass is 1410 g/mol. The Hall–Kier alpha value is -9.13. The minimum absolute atomic E-state index is 0.0116. The summed E-state index contributed by atoms with van der Waals surface area (Å²) in [6.07, 6.45) is -0.837. The van der Waals surface area contributed by atoms with Gasteiger partial charge < -0.3 is 78.7 Å². The molecule has 30 heteroatoms. The maximum absolute atomic E-state index is 16.1. The number of aromatic amines is 2.